The number of halogens is 2. The second-order valence-corrected chi connectivity index (χ2v) is 7.82. The van der Waals surface area contributed by atoms with Gasteiger partial charge in [-0.2, -0.15) is 0 Å². The van der Waals surface area contributed by atoms with E-state index in [0.717, 1.165) is 12.1 Å². The molecule has 7 nitrogen and oxygen atoms in total. The normalized spacial score (nSPS) is 11.3. The van der Waals surface area contributed by atoms with Crippen molar-refractivity contribution >= 4 is 15.7 Å². The Bertz CT molecular complexity index is 1260. The van der Waals surface area contributed by atoms with E-state index < -0.39 is 26.6 Å². The fourth-order valence-electron chi connectivity index (χ4n) is 2.62. The van der Waals surface area contributed by atoms with Crippen LogP contribution in [0.1, 0.15) is 0 Å². The van der Waals surface area contributed by atoms with Crippen molar-refractivity contribution in [3.63, 3.8) is 0 Å². The van der Waals surface area contributed by atoms with Crippen LogP contribution in [0.5, 0.6) is 11.6 Å². The summed E-state index contributed by atoms with van der Waals surface area (Å²) in [5.41, 5.74) is 0.197. The predicted octanol–water partition coefficient (Wildman–Crippen LogP) is 4.14. The molecule has 0 aliphatic carbocycles. The molecule has 2 aromatic heterocycles. The summed E-state index contributed by atoms with van der Waals surface area (Å²) in [6, 6.07) is 13.4. The van der Waals surface area contributed by atoms with Crippen molar-refractivity contribution in [2.45, 2.75) is 4.90 Å². The quantitative estimate of drug-likeness (QED) is 0.499. The molecule has 2 heterocycles. The summed E-state index contributed by atoms with van der Waals surface area (Å²) >= 11 is 0. The summed E-state index contributed by atoms with van der Waals surface area (Å²) in [6.07, 6.45) is 5.03. The van der Waals surface area contributed by atoms with Crippen molar-refractivity contribution in [3.8, 4) is 17.4 Å². The van der Waals surface area contributed by atoms with E-state index in [1.54, 1.807) is 10.6 Å². The van der Waals surface area contributed by atoms with Crippen LogP contribution in [0.3, 0.4) is 0 Å². The Kier molecular flexibility index (Phi) is 5.15. The van der Waals surface area contributed by atoms with Crippen LogP contribution < -0.4 is 9.46 Å². The van der Waals surface area contributed by atoms with Gasteiger partial charge in [0.2, 0.25) is 5.88 Å². The number of benzene rings is 2. The van der Waals surface area contributed by atoms with Crippen molar-refractivity contribution in [1.82, 2.24) is 14.5 Å². The lowest BCUT2D eigenvalue weighted by Gasteiger charge is -2.10. The predicted molar refractivity (Wildman–Crippen MR) is 105 cm³/mol. The topological polar surface area (TPSA) is 86.1 Å². The van der Waals surface area contributed by atoms with Gasteiger partial charge in [-0.15, -0.1) is 0 Å². The smallest absolute Gasteiger partial charge is 0.262 e. The van der Waals surface area contributed by atoms with Crippen LogP contribution in [-0.4, -0.2) is 23.0 Å². The van der Waals surface area contributed by atoms with Gasteiger partial charge >= 0.3 is 0 Å². The maximum atomic E-state index is 13.3. The first kappa shape index (κ1) is 19.5. The van der Waals surface area contributed by atoms with Crippen LogP contribution in [0.25, 0.3) is 5.82 Å². The minimum absolute atomic E-state index is 0.197. The lowest BCUT2D eigenvalue weighted by atomic mass is 10.3. The second-order valence-electron chi connectivity index (χ2n) is 6.14. The highest BCUT2D eigenvalue weighted by Crippen LogP contribution is 2.24. The molecule has 1 N–H and O–H groups in total. The third kappa shape index (κ3) is 4.44. The Morgan fingerprint density at radius 1 is 0.900 bits per heavy atom. The van der Waals surface area contributed by atoms with Gasteiger partial charge in [0.1, 0.15) is 29.5 Å². The molecule has 0 saturated heterocycles. The molecule has 0 atom stereocenters. The van der Waals surface area contributed by atoms with E-state index in [1.807, 2.05) is 24.5 Å². The number of aromatic nitrogens is 3. The third-order valence-electron chi connectivity index (χ3n) is 3.97. The highest BCUT2D eigenvalue weighted by atomic mass is 32.2. The molecule has 0 aliphatic heterocycles. The van der Waals surface area contributed by atoms with E-state index >= 15 is 0 Å². The lowest BCUT2D eigenvalue weighted by Crippen LogP contribution is -2.13. The van der Waals surface area contributed by atoms with E-state index in [9.17, 15) is 17.2 Å². The maximum Gasteiger partial charge on any atom is 0.262 e. The number of nitrogens with one attached hydrogen (secondary N) is 1. The Balaban J connectivity index is 1.49. The Morgan fingerprint density at radius 2 is 1.57 bits per heavy atom. The van der Waals surface area contributed by atoms with Crippen LogP contribution in [-0.2, 0) is 10.0 Å². The van der Waals surface area contributed by atoms with Crippen LogP contribution in [0.15, 0.2) is 84.3 Å². The Labute approximate surface area is 170 Å². The summed E-state index contributed by atoms with van der Waals surface area (Å²) in [7, 11) is -4.15. The molecule has 0 unspecified atom stereocenters. The largest absolute Gasteiger partial charge is 0.439 e. The summed E-state index contributed by atoms with van der Waals surface area (Å²) in [4.78, 5) is 7.70. The van der Waals surface area contributed by atoms with Crippen LogP contribution in [0.4, 0.5) is 14.5 Å². The number of rotatable bonds is 6. The average Bonchev–Trinajstić information content (AvgIpc) is 3.24. The van der Waals surface area contributed by atoms with Crippen LogP contribution in [0, 0.1) is 11.6 Å². The Hall–Kier alpha value is -3.79. The fraction of sp³-hybridized carbons (Fsp3) is 0. The molecule has 0 spiro atoms. The van der Waals surface area contributed by atoms with E-state index in [1.165, 1.54) is 30.6 Å². The highest BCUT2D eigenvalue weighted by molar-refractivity contribution is 7.92. The summed E-state index contributed by atoms with van der Waals surface area (Å²) in [5.74, 6) is -0.632. The fourth-order valence-corrected chi connectivity index (χ4v) is 3.72. The molecule has 152 valence electrons. The van der Waals surface area contributed by atoms with Gasteiger partial charge in [0.25, 0.3) is 10.0 Å². The van der Waals surface area contributed by atoms with Crippen LogP contribution >= 0.6 is 0 Å². The number of anilines is 1. The zero-order valence-corrected chi connectivity index (χ0v) is 16.1. The molecule has 0 bridgehead atoms. The SMILES string of the molecule is O=S(=O)(Nc1ccc(Oc2cc(-n3cccc3)ncn2)cc1)c1cc(F)cc(F)c1. The first-order chi connectivity index (χ1) is 14.4. The first-order valence-corrected chi connectivity index (χ1v) is 10.1. The van der Waals surface area contributed by atoms with E-state index in [2.05, 4.69) is 14.7 Å². The summed E-state index contributed by atoms with van der Waals surface area (Å²) < 4.78 is 61.0. The van der Waals surface area contributed by atoms with Gasteiger partial charge in [0, 0.05) is 30.2 Å². The van der Waals surface area contributed by atoms with Crippen molar-refractivity contribution < 1.29 is 21.9 Å². The molecule has 0 radical (unpaired) electrons. The zero-order valence-electron chi connectivity index (χ0n) is 15.2. The van der Waals surface area contributed by atoms with Crippen molar-refractivity contribution in [2.24, 2.45) is 0 Å². The molecule has 0 amide bonds. The molecule has 0 aliphatic rings. The van der Waals surface area contributed by atoms with E-state index in [-0.39, 0.29) is 5.69 Å². The molecular weight excluding hydrogens is 414 g/mol. The van der Waals surface area contributed by atoms with Gasteiger partial charge in [-0.1, -0.05) is 0 Å². The minimum atomic E-state index is -4.15. The maximum absolute atomic E-state index is 13.3. The first-order valence-electron chi connectivity index (χ1n) is 8.61. The van der Waals surface area contributed by atoms with Crippen LogP contribution in [0.2, 0.25) is 0 Å². The van der Waals surface area contributed by atoms with Gasteiger partial charge in [0.05, 0.1) is 4.90 Å². The molecule has 4 aromatic rings. The minimum Gasteiger partial charge on any atom is -0.439 e. The zero-order chi connectivity index (χ0) is 21.1. The second kappa shape index (κ2) is 7.91. The van der Waals surface area contributed by atoms with Crippen molar-refractivity contribution in [1.29, 1.82) is 0 Å². The van der Waals surface area contributed by atoms with Crippen molar-refractivity contribution in [3.05, 3.63) is 91.0 Å². The number of hydrogen-bond acceptors (Lipinski definition) is 5. The molecule has 4 rings (SSSR count). The molecule has 10 heteroatoms. The van der Waals surface area contributed by atoms with Crippen molar-refractivity contribution in [2.75, 3.05) is 4.72 Å². The number of sulfonamides is 1. The Morgan fingerprint density at radius 3 is 2.23 bits per heavy atom. The average molecular weight is 428 g/mol. The number of ether oxygens (including phenoxy) is 1. The molecular formula is C20H14F2N4O3S. The monoisotopic (exact) mass is 428 g/mol. The van der Waals surface area contributed by atoms with E-state index in [4.69, 9.17) is 4.74 Å². The summed E-state index contributed by atoms with van der Waals surface area (Å²) in [5, 5.41) is 0. The molecule has 2 aromatic carbocycles. The van der Waals surface area contributed by atoms with Gasteiger partial charge < -0.3 is 9.30 Å². The lowest BCUT2D eigenvalue weighted by molar-refractivity contribution is 0.461. The molecule has 30 heavy (non-hydrogen) atoms. The standard InChI is InChI=1S/C20H14F2N4O3S/c21-14-9-15(22)11-18(10-14)30(27,28)25-16-3-5-17(6-4-16)29-20-12-19(23-13-24-20)26-7-1-2-8-26/h1-13,25H. The van der Waals surface area contributed by atoms with Gasteiger partial charge in [-0.3, -0.25) is 4.72 Å². The third-order valence-corrected chi connectivity index (χ3v) is 5.33. The number of hydrogen-bond donors (Lipinski definition) is 1. The highest BCUT2D eigenvalue weighted by Gasteiger charge is 2.17. The van der Waals surface area contributed by atoms with E-state index in [0.29, 0.717) is 23.5 Å². The summed E-state index contributed by atoms with van der Waals surface area (Å²) in [6.45, 7) is 0. The number of nitrogens with zero attached hydrogens (tertiary/aromatic N) is 3. The van der Waals surface area contributed by atoms with Gasteiger partial charge in [-0.25, -0.2) is 27.2 Å². The van der Waals surface area contributed by atoms with Gasteiger partial charge in [-0.05, 0) is 48.5 Å². The molecule has 0 fully saturated rings. The molecule has 0 saturated carbocycles. The van der Waals surface area contributed by atoms with Gasteiger partial charge in [0.15, 0.2) is 0 Å².